The maximum absolute atomic E-state index is 5.76. The van der Waals surface area contributed by atoms with E-state index in [9.17, 15) is 0 Å². The lowest BCUT2D eigenvalue weighted by atomic mass is 9.89. The van der Waals surface area contributed by atoms with E-state index < -0.39 is 0 Å². The molecule has 0 radical (unpaired) electrons. The van der Waals surface area contributed by atoms with Crippen LogP contribution in [-0.2, 0) is 9.47 Å². The van der Waals surface area contributed by atoms with Crippen LogP contribution < -0.4 is 5.32 Å². The second-order valence-corrected chi connectivity index (χ2v) is 6.04. The van der Waals surface area contributed by atoms with Gasteiger partial charge in [0.2, 0.25) is 0 Å². The first-order chi connectivity index (χ1) is 8.60. The van der Waals surface area contributed by atoms with Gasteiger partial charge in [-0.25, -0.2) is 0 Å². The molecule has 0 aromatic heterocycles. The lowest BCUT2D eigenvalue weighted by molar-refractivity contribution is -0.179. The zero-order valence-corrected chi connectivity index (χ0v) is 12.1. The third-order valence-electron chi connectivity index (χ3n) is 4.09. The molecule has 1 unspecified atom stereocenters. The van der Waals surface area contributed by atoms with E-state index in [0.717, 1.165) is 32.6 Å². The van der Waals surface area contributed by atoms with Crippen LogP contribution in [0.25, 0.3) is 0 Å². The van der Waals surface area contributed by atoms with Crippen LogP contribution in [0.4, 0.5) is 0 Å². The lowest BCUT2D eigenvalue weighted by Gasteiger charge is -2.36. The fraction of sp³-hybridized carbons (Fsp3) is 1.00. The Kier molecular flexibility index (Phi) is 5.01. The predicted molar refractivity (Wildman–Crippen MR) is 72.7 cm³/mol. The van der Waals surface area contributed by atoms with Crippen LogP contribution >= 0.6 is 0 Å². The van der Waals surface area contributed by atoms with Gasteiger partial charge in [-0.1, -0.05) is 0 Å². The van der Waals surface area contributed by atoms with Crippen molar-refractivity contribution in [2.24, 2.45) is 0 Å². The Morgan fingerprint density at radius 2 is 1.83 bits per heavy atom. The molecule has 1 saturated heterocycles. The molecule has 1 N–H and O–H groups in total. The molecule has 0 aromatic rings. The van der Waals surface area contributed by atoms with Crippen LogP contribution in [0.1, 0.15) is 39.0 Å². The van der Waals surface area contributed by atoms with Gasteiger partial charge in [-0.2, -0.15) is 0 Å². The summed E-state index contributed by atoms with van der Waals surface area (Å²) in [4.78, 5) is 2.24. The van der Waals surface area contributed by atoms with E-state index in [1.807, 2.05) is 0 Å². The minimum atomic E-state index is -0.217. The summed E-state index contributed by atoms with van der Waals surface area (Å²) in [6.45, 7) is 4.99. The largest absolute Gasteiger partial charge is 0.348 e. The smallest absolute Gasteiger partial charge is 0.168 e. The van der Waals surface area contributed by atoms with Crippen molar-refractivity contribution >= 4 is 0 Å². The Labute approximate surface area is 111 Å². The highest BCUT2D eigenvalue weighted by atomic mass is 16.7. The fourth-order valence-electron chi connectivity index (χ4n) is 2.95. The van der Waals surface area contributed by atoms with Crippen LogP contribution in [0.2, 0.25) is 0 Å². The highest BCUT2D eigenvalue weighted by molar-refractivity contribution is 4.86. The molecule has 1 spiro atoms. The predicted octanol–water partition coefficient (Wildman–Crippen LogP) is 1.60. The van der Waals surface area contributed by atoms with Crippen LogP contribution in [0.5, 0.6) is 0 Å². The van der Waals surface area contributed by atoms with Crippen LogP contribution in [0, 0.1) is 0 Å². The second-order valence-electron chi connectivity index (χ2n) is 6.04. The van der Waals surface area contributed by atoms with Crippen LogP contribution in [0.3, 0.4) is 0 Å². The monoisotopic (exact) mass is 256 g/mol. The van der Waals surface area contributed by atoms with E-state index in [2.05, 4.69) is 31.2 Å². The van der Waals surface area contributed by atoms with Gasteiger partial charge >= 0.3 is 0 Å². The highest BCUT2D eigenvalue weighted by Gasteiger charge is 2.40. The van der Waals surface area contributed by atoms with Crippen LogP contribution in [0.15, 0.2) is 0 Å². The number of nitrogens with one attached hydrogen (secondary N) is 1. The minimum Gasteiger partial charge on any atom is -0.348 e. The fourth-order valence-corrected chi connectivity index (χ4v) is 2.95. The minimum absolute atomic E-state index is 0.217. The first kappa shape index (κ1) is 14.3. The molecule has 2 aliphatic rings. The molecule has 0 bridgehead atoms. The molecule has 4 nitrogen and oxygen atoms in total. The number of hydrogen-bond donors (Lipinski definition) is 1. The topological polar surface area (TPSA) is 33.7 Å². The van der Waals surface area contributed by atoms with Gasteiger partial charge in [0.15, 0.2) is 5.79 Å². The average molecular weight is 256 g/mol. The van der Waals surface area contributed by atoms with Crippen molar-refractivity contribution in [3.05, 3.63) is 0 Å². The van der Waals surface area contributed by atoms with E-state index in [4.69, 9.17) is 9.47 Å². The molecule has 4 heteroatoms. The molecule has 1 aliphatic carbocycles. The highest BCUT2D eigenvalue weighted by Crippen LogP contribution is 2.35. The van der Waals surface area contributed by atoms with Crippen molar-refractivity contribution in [2.45, 2.75) is 56.9 Å². The Balaban J connectivity index is 1.66. The molecule has 1 saturated carbocycles. The van der Waals surface area contributed by atoms with Crippen LogP contribution in [-0.4, -0.2) is 56.6 Å². The van der Waals surface area contributed by atoms with Gasteiger partial charge in [-0.3, -0.25) is 0 Å². The Morgan fingerprint density at radius 3 is 2.39 bits per heavy atom. The maximum atomic E-state index is 5.76. The number of ether oxygens (including phenoxy) is 2. The number of rotatable bonds is 5. The van der Waals surface area contributed by atoms with Crippen molar-refractivity contribution in [2.75, 3.05) is 33.9 Å². The normalized spacial score (nSPS) is 26.0. The number of nitrogens with zero attached hydrogens (tertiary/aromatic N) is 1. The van der Waals surface area contributed by atoms with Gasteiger partial charge in [-0.05, 0) is 46.8 Å². The molecule has 0 amide bonds. The molecule has 1 heterocycles. The van der Waals surface area contributed by atoms with Gasteiger partial charge in [0.1, 0.15) is 0 Å². The quantitative estimate of drug-likeness (QED) is 0.810. The van der Waals surface area contributed by atoms with E-state index in [1.54, 1.807) is 0 Å². The second kappa shape index (κ2) is 6.33. The Hall–Kier alpha value is -0.160. The van der Waals surface area contributed by atoms with Crippen molar-refractivity contribution in [1.29, 1.82) is 0 Å². The first-order valence-electron chi connectivity index (χ1n) is 7.28. The summed E-state index contributed by atoms with van der Waals surface area (Å²) in [6, 6.07) is 1.23. The summed E-state index contributed by atoms with van der Waals surface area (Å²) >= 11 is 0. The SMILES string of the molecule is CC(CCN(C)C)NC1CCC2(CC1)OCCO2. The molecule has 106 valence electrons. The molecular formula is C14H28N2O2. The van der Waals surface area contributed by atoms with E-state index >= 15 is 0 Å². The van der Waals surface area contributed by atoms with Crippen molar-refractivity contribution < 1.29 is 9.47 Å². The maximum Gasteiger partial charge on any atom is 0.168 e. The molecule has 2 rings (SSSR count). The Morgan fingerprint density at radius 1 is 1.22 bits per heavy atom. The lowest BCUT2D eigenvalue weighted by Crippen LogP contribution is -2.45. The van der Waals surface area contributed by atoms with Crippen molar-refractivity contribution in [1.82, 2.24) is 10.2 Å². The molecule has 1 aliphatic heterocycles. The zero-order valence-electron chi connectivity index (χ0n) is 12.1. The summed E-state index contributed by atoms with van der Waals surface area (Å²) in [7, 11) is 4.26. The standard InChI is InChI=1S/C14H28N2O2/c1-12(6-9-16(2)3)15-13-4-7-14(8-5-13)17-10-11-18-14/h12-13,15H,4-11H2,1-3H3. The van der Waals surface area contributed by atoms with Crippen molar-refractivity contribution in [3.8, 4) is 0 Å². The third-order valence-corrected chi connectivity index (χ3v) is 4.09. The molecular weight excluding hydrogens is 228 g/mol. The third kappa shape index (κ3) is 3.92. The summed E-state index contributed by atoms with van der Waals surface area (Å²) in [5, 5.41) is 3.74. The van der Waals surface area contributed by atoms with E-state index in [-0.39, 0.29) is 5.79 Å². The van der Waals surface area contributed by atoms with Gasteiger partial charge in [-0.15, -0.1) is 0 Å². The summed E-state index contributed by atoms with van der Waals surface area (Å²) in [5.41, 5.74) is 0. The first-order valence-corrected chi connectivity index (χ1v) is 7.28. The summed E-state index contributed by atoms with van der Waals surface area (Å²) < 4.78 is 11.5. The zero-order chi connectivity index (χ0) is 13.0. The number of hydrogen-bond acceptors (Lipinski definition) is 4. The van der Waals surface area contributed by atoms with Gasteiger partial charge in [0, 0.05) is 24.9 Å². The molecule has 2 fully saturated rings. The molecule has 1 atom stereocenters. The Bertz CT molecular complexity index is 242. The van der Waals surface area contributed by atoms with E-state index in [0.29, 0.717) is 12.1 Å². The average Bonchev–Trinajstić information content (AvgIpc) is 2.79. The van der Waals surface area contributed by atoms with Crippen molar-refractivity contribution in [3.63, 3.8) is 0 Å². The summed E-state index contributed by atoms with van der Waals surface area (Å²) in [5.74, 6) is -0.217. The van der Waals surface area contributed by atoms with Gasteiger partial charge in [0.05, 0.1) is 13.2 Å². The van der Waals surface area contributed by atoms with Gasteiger partial charge < -0.3 is 19.7 Å². The molecule has 18 heavy (non-hydrogen) atoms. The van der Waals surface area contributed by atoms with Gasteiger partial charge in [0.25, 0.3) is 0 Å². The molecule has 0 aromatic carbocycles. The van der Waals surface area contributed by atoms with E-state index in [1.165, 1.54) is 19.3 Å². The summed E-state index contributed by atoms with van der Waals surface area (Å²) in [6.07, 6.45) is 5.65.